The molecule has 4 N–H and O–H groups in total. The Bertz CT molecular complexity index is 331. The second-order valence-corrected chi connectivity index (χ2v) is 3.47. The number of nitrogens with zero attached hydrogens (tertiary/aromatic N) is 3. The summed E-state index contributed by atoms with van der Waals surface area (Å²) in [7, 11) is 0. The Kier molecular flexibility index (Phi) is 2.60. The SMILES string of the molecule is NC1(C(=O)NCc2nn[nH]n2)CCOC1. The Morgan fingerprint density at radius 2 is 2.60 bits per heavy atom. The summed E-state index contributed by atoms with van der Waals surface area (Å²) in [6.45, 7) is 0.992. The minimum absolute atomic E-state index is 0.217. The summed E-state index contributed by atoms with van der Waals surface area (Å²) < 4.78 is 5.08. The van der Waals surface area contributed by atoms with E-state index in [2.05, 4.69) is 25.9 Å². The summed E-state index contributed by atoms with van der Waals surface area (Å²) in [5.41, 5.74) is 4.93. The van der Waals surface area contributed by atoms with E-state index < -0.39 is 5.54 Å². The zero-order valence-corrected chi connectivity index (χ0v) is 8.06. The lowest BCUT2D eigenvalue weighted by atomic mass is 9.99. The smallest absolute Gasteiger partial charge is 0.242 e. The summed E-state index contributed by atoms with van der Waals surface area (Å²) >= 11 is 0. The van der Waals surface area contributed by atoms with Crippen molar-refractivity contribution in [1.82, 2.24) is 25.9 Å². The van der Waals surface area contributed by atoms with Crippen molar-refractivity contribution < 1.29 is 9.53 Å². The Morgan fingerprint density at radius 1 is 1.73 bits per heavy atom. The predicted octanol–water partition coefficient (Wildman–Crippen LogP) is -2.07. The number of H-pyrrole nitrogens is 1. The van der Waals surface area contributed by atoms with Crippen molar-refractivity contribution in [2.75, 3.05) is 13.2 Å². The maximum absolute atomic E-state index is 11.7. The predicted molar refractivity (Wildman–Crippen MR) is 48.4 cm³/mol. The molecule has 1 aliphatic rings. The van der Waals surface area contributed by atoms with Crippen molar-refractivity contribution in [3.05, 3.63) is 5.82 Å². The molecule has 0 spiro atoms. The average Bonchev–Trinajstić information content (AvgIpc) is 2.85. The second kappa shape index (κ2) is 3.91. The van der Waals surface area contributed by atoms with E-state index in [0.717, 1.165) is 0 Å². The summed E-state index contributed by atoms with van der Waals surface area (Å²) in [5, 5.41) is 15.7. The van der Waals surface area contributed by atoms with Crippen LogP contribution in [0.4, 0.5) is 0 Å². The monoisotopic (exact) mass is 212 g/mol. The first kappa shape index (κ1) is 9.99. The van der Waals surface area contributed by atoms with Gasteiger partial charge in [0.15, 0.2) is 5.82 Å². The van der Waals surface area contributed by atoms with E-state index in [1.54, 1.807) is 0 Å². The van der Waals surface area contributed by atoms with Crippen LogP contribution in [-0.4, -0.2) is 45.3 Å². The van der Waals surface area contributed by atoms with Crippen LogP contribution in [0.15, 0.2) is 0 Å². The third-order valence-corrected chi connectivity index (χ3v) is 2.30. The highest BCUT2D eigenvalue weighted by Gasteiger charge is 2.38. The fourth-order valence-corrected chi connectivity index (χ4v) is 1.35. The van der Waals surface area contributed by atoms with Crippen molar-refractivity contribution in [1.29, 1.82) is 0 Å². The van der Waals surface area contributed by atoms with Gasteiger partial charge in [0, 0.05) is 6.61 Å². The van der Waals surface area contributed by atoms with Crippen molar-refractivity contribution in [3.8, 4) is 0 Å². The molecular weight excluding hydrogens is 200 g/mol. The van der Waals surface area contributed by atoms with Crippen molar-refractivity contribution >= 4 is 5.91 Å². The molecule has 1 aromatic heterocycles. The van der Waals surface area contributed by atoms with Gasteiger partial charge in [-0.25, -0.2) is 0 Å². The van der Waals surface area contributed by atoms with Crippen LogP contribution < -0.4 is 11.1 Å². The molecule has 82 valence electrons. The molecule has 0 saturated carbocycles. The highest BCUT2D eigenvalue weighted by atomic mass is 16.5. The highest BCUT2D eigenvalue weighted by Crippen LogP contribution is 2.15. The molecule has 2 heterocycles. The molecular formula is C7H12N6O2. The Morgan fingerprint density at radius 3 is 3.20 bits per heavy atom. The molecule has 1 saturated heterocycles. The third kappa shape index (κ3) is 2.10. The first-order valence-electron chi connectivity index (χ1n) is 4.58. The maximum atomic E-state index is 11.7. The quantitative estimate of drug-likeness (QED) is 0.529. The number of ether oxygens (including phenoxy) is 1. The fourth-order valence-electron chi connectivity index (χ4n) is 1.35. The van der Waals surface area contributed by atoms with Gasteiger partial charge in [0.05, 0.1) is 13.2 Å². The Hall–Kier alpha value is -1.54. The highest BCUT2D eigenvalue weighted by molar-refractivity contribution is 5.86. The van der Waals surface area contributed by atoms with Crippen LogP contribution in [0, 0.1) is 0 Å². The number of amides is 1. The van der Waals surface area contributed by atoms with Crippen LogP contribution in [0.2, 0.25) is 0 Å². The van der Waals surface area contributed by atoms with Crippen molar-refractivity contribution in [2.45, 2.75) is 18.5 Å². The van der Waals surface area contributed by atoms with E-state index >= 15 is 0 Å². The zero-order chi connectivity index (χ0) is 10.7. The van der Waals surface area contributed by atoms with Crippen LogP contribution >= 0.6 is 0 Å². The molecule has 1 amide bonds. The Balaban J connectivity index is 1.87. The first-order chi connectivity index (χ1) is 7.21. The van der Waals surface area contributed by atoms with Crippen molar-refractivity contribution in [3.63, 3.8) is 0 Å². The number of carbonyl (C=O) groups excluding carboxylic acids is 1. The van der Waals surface area contributed by atoms with E-state index in [4.69, 9.17) is 10.5 Å². The molecule has 0 aliphatic carbocycles. The zero-order valence-electron chi connectivity index (χ0n) is 8.06. The molecule has 15 heavy (non-hydrogen) atoms. The van der Waals surface area contributed by atoms with E-state index in [1.165, 1.54) is 0 Å². The number of carbonyl (C=O) groups is 1. The van der Waals surface area contributed by atoms with Gasteiger partial charge < -0.3 is 15.8 Å². The number of hydrogen-bond acceptors (Lipinski definition) is 6. The van der Waals surface area contributed by atoms with Gasteiger partial charge in [0.25, 0.3) is 0 Å². The molecule has 0 bridgehead atoms. The van der Waals surface area contributed by atoms with Gasteiger partial charge in [0.1, 0.15) is 5.54 Å². The van der Waals surface area contributed by atoms with Crippen LogP contribution in [0.1, 0.15) is 12.2 Å². The molecule has 2 rings (SSSR count). The second-order valence-electron chi connectivity index (χ2n) is 3.47. The van der Waals surface area contributed by atoms with Crippen LogP contribution in [-0.2, 0) is 16.1 Å². The van der Waals surface area contributed by atoms with Gasteiger partial charge in [-0.2, -0.15) is 5.21 Å². The summed E-state index contributed by atoms with van der Waals surface area (Å²) in [6.07, 6.45) is 0.533. The first-order valence-corrected chi connectivity index (χ1v) is 4.58. The number of nitrogens with one attached hydrogen (secondary N) is 2. The third-order valence-electron chi connectivity index (χ3n) is 2.30. The summed E-state index contributed by atoms with van der Waals surface area (Å²) in [6, 6.07) is 0. The number of aromatic nitrogens is 4. The lowest BCUT2D eigenvalue weighted by Crippen LogP contribution is -2.54. The van der Waals surface area contributed by atoms with E-state index in [9.17, 15) is 4.79 Å². The number of tetrazole rings is 1. The van der Waals surface area contributed by atoms with E-state index in [-0.39, 0.29) is 19.1 Å². The molecule has 8 heteroatoms. The maximum Gasteiger partial charge on any atom is 0.242 e. The van der Waals surface area contributed by atoms with Crippen LogP contribution in [0.5, 0.6) is 0 Å². The molecule has 8 nitrogen and oxygen atoms in total. The molecule has 1 unspecified atom stereocenters. The van der Waals surface area contributed by atoms with E-state index in [1.807, 2.05) is 0 Å². The molecule has 1 aromatic rings. The van der Waals surface area contributed by atoms with Crippen LogP contribution in [0.3, 0.4) is 0 Å². The van der Waals surface area contributed by atoms with Gasteiger partial charge in [-0.1, -0.05) is 5.21 Å². The average molecular weight is 212 g/mol. The minimum Gasteiger partial charge on any atom is -0.379 e. The lowest BCUT2D eigenvalue weighted by molar-refractivity contribution is -0.126. The standard InChI is InChI=1S/C7H12N6O2/c8-7(1-2-15-4-7)6(14)9-3-5-10-12-13-11-5/h1-4,8H2,(H,9,14)(H,10,11,12,13). The molecule has 1 atom stereocenters. The molecule has 1 aliphatic heterocycles. The molecule has 1 fully saturated rings. The summed E-state index contributed by atoms with van der Waals surface area (Å²) in [5.74, 6) is 0.177. The van der Waals surface area contributed by atoms with Crippen molar-refractivity contribution in [2.24, 2.45) is 5.73 Å². The van der Waals surface area contributed by atoms with Gasteiger partial charge in [-0.15, -0.1) is 10.2 Å². The summed E-state index contributed by atoms with van der Waals surface area (Å²) in [4.78, 5) is 11.7. The Labute approximate surface area is 85.6 Å². The normalized spacial score (nSPS) is 25.4. The minimum atomic E-state index is -0.913. The van der Waals surface area contributed by atoms with E-state index in [0.29, 0.717) is 18.9 Å². The number of nitrogens with two attached hydrogens (primary N) is 1. The fraction of sp³-hybridized carbons (Fsp3) is 0.714. The van der Waals surface area contributed by atoms with Gasteiger partial charge in [-0.3, -0.25) is 4.79 Å². The number of rotatable bonds is 3. The van der Waals surface area contributed by atoms with Gasteiger partial charge in [0.2, 0.25) is 5.91 Å². The molecule has 0 aromatic carbocycles. The van der Waals surface area contributed by atoms with Gasteiger partial charge in [-0.05, 0) is 6.42 Å². The lowest BCUT2D eigenvalue weighted by Gasteiger charge is -2.19. The number of hydrogen-bond donors (Lipinski definition) is 3. The molecule has 0 radical (unpaired) electrons. The largest absolute Gasteiger partial charge is 0.379 e. The topological polar surface area (TPSA) is 119 Å². The van der Waals surface area contributed by atoms with Crippen LogP contribution in [0.25, 0.3) is 0 Å². The number of aromatic amines is 1. The van der Waals surface area contributed by atoms with Gasteiger partial charge >= 0.3 is 0 Å².